The van der Waals surface area contributed by atoms with Gasteiger partial charge in [0.05, 0.1) is 17.4 Å². The summed E-state index contributed by atoms with van der Waals surface area (Å²) in [7, 11) is 0. The molecule has 0 aliphatic carbocycles. The predicted octanol–water partition coefficient (Wildman–Crippen LogP) is 1.72. The highest BCUT2D eigenvalue weighted by Crippen LogP contribution is 2.17. The van der Waals surface area contributed by atoms with E-state index in [2.05, 4.69) is 15.3 Å². The van der Waals surface area contributed by atoms with Gasteiger partial charge in [0.2, 0.25) is 0 Å². The number of hydrogen-bond acceptors (Lipinski definition) is 2. The molecule has 0 spiro atoms. The van der Waals surface area contributed by atoms with Crippen molar-refractivity contribution in [1.29, 1.82) is 0 Å². The molecule has 4 heteroatoms. The second-order valence-electron chi connectivity index (χ2n) is 3.09. The van der Waals surface area contributed by atoms with Crippen LogP contribution in [0.4, 0.5) is 0 Å². The Morgan fingerprint density at radius 1 is 1.29 bits per heavy atom. The number of rotatable bonds is 1. The summed E-state index contributed by atoms with van der Waals surface area (Å²) in [6.45, 7) is 0. The largest absolute Gasteiger partial charge is 0.285 e. The summed E-state index contributed by atoms with van der Waals surface area (Å²) in [6.07, 6.45) is 5.53. The third-order valence-electron chi connectivity index (χ3n) is 2.16. The molecule has 0 aliphatic heterocycles. The summed E-state index contributed by atoms with van der Waals surface area (Å²) in [5.41, 5.74) is 3.03. The average Bonchev–Trinajstić information content (AvgIpc) is 2.86. The van der Waals surface area contributed by atoms with Gasteiger partial charge in [-0.3, -0.25) is 5.10 Å². The first-order valence-electron chi connectivity index (χ1n) is 4.37. The normalized spacial score (nSPS) is 10.9. The molecule has 0 aromatic carbocycles. The predicted molar refractivity (Wildman–Crippen MR) is 52.8 cm³/mol. The van der Waals surface area contributed by atoms with Crippen LogP contribution in [0.2, 0.25) is 0 Å². The molecule has 0 atom stereocenters. The van der Waals surface area contributed by atoms with Crippen molar-refractivity contribution in [2.75, 3.05) is 0 Å². The number of H-pyrrole nitrogens is 1. The van der Waals surface area contributed by atoms with Crippen LogP contribution in [0.15, 0.2) is 42.9 Å². The fourth-order valence-electron chi connectivity index (χ4n) is 1.47. The maximum atomic E-state index is 4.41. The number of aromatic nitrogens is 4. The molecule has 0 saturated heterocycles. The molecule has 3 rings (SSSR count). The minimum atomic E-state index is 0.935. The molecule has 0 amide bonds. The lowest BCUT2D eigenvalue weighted by molar-refractivity contribution is 0.966. The lowest BCUT2D eigenvalue weighted by Gasteiger charge is -1.87. The second kappa shape index (κ2) is 2.70. The summed E-state index contributed by atoms with van der Waals surface area (Å²) in [4.78, 5) is 0. The van der Waals surface area contributed by atoms with Gasteiger partial charge in [0, 0.05) is 18.0 Å². The zero-order chi connectivity index (χ0) is 9.38. The third-order valence-corrected chi connectivity index (χ3v) is 2.16. The van der Waals surface area contributed by atoms with Gasteiger partial charge in [-0.15, -0.1) is 0 Å². The van der Waals surface area contributed by atoms with Gasteiger partial charge in [-0.2, -0.15) is 10.2 Å². The van der Waals surface area contributed by atoms with E-state index in [4.69, 9.17) is 0 Å². The summed E-state index contributed by atoms with van der Waals surface area (Å²) in [5, 5.41) is 11.1. The number of nitrogens with zero attached hydrogens (tertiary/aromatic N) is 3. The third kappa shape index (κ3) is 1.01. The molecule has 0 fully saturated rings. The van der Waals surface area contributed by atoms with Crippen LogP contribution in [0, 0.1) is 0 Å². The molecule has 1 N–H and O–H groups in total. The van der Waals surface area contributed by atoms with Crippen molar-refractivity contribution < 1.29 is 0 Å². The molecule has 14 heavy (non-hydrogen) atoms. The van der Waals surface area contributed by atoms with Crippen LogP contribution in [-0.4, -0.2) is 19.8 Å². The fourth-order valence-corrected chi connectivity index (χ4v) is 1.47. The van der Waals surface area contributed by atoms with Crippen molar-refractivity contribution in [3.05, 3.63) is 42.9 Å². The van der Waals surface area contributed by atoms with Crippen molar-refractivity contribution >= 4 is 5.52 Å². The van der Waals surface area contributed by atoms with E-state index in [1.165, 1.54) is 0 Å². The van der Waals surface area contributed by atoms with Gasteiger partial charge in [-0.05, 0) is 18.2 Å². The van der Waals surface area contributed by atoms with E-state index in [0.717, 1.165) is 16.8 Å². The Labute approximate surface area is 80.2 Å². The molecule has 68 valence electrons. The minimum Gasteiger partial charge on any atom is -0.285 e. The van der Waals surface area contributed by atoms with Gasteiger partial charge in [-0.25, -0.2) is 4.52 Å². The molecule has 3 heterocycles. The van der Waals surface area contributed by atoms with Crippen molar-refractivity contribution in [3.63, 3.8) is 0 Å². The summed E-state index contributed by atoms with van der Waals surface area (Å²) in [6, 6.07) is 8.01. The molecule has 0 bridgehead atoms. The molecule has 0 unspecified atom stereocenters. The van der Waals surface area contributed by atoms with Gasteiger partial charge in [-0.1, -0.05) is 6.07 Å². The first kappa shape index (κ1) is 7.32. The van der Waals surface area contributed by atoms with Crippen LogP contribution in [0.1, 0.15) is 0 Å². The monoisotopic (exact) mass is 184 g/mol. The van der Waals surface area contributed by atoms with Crippen LogP contribution in [0.25, 0.3) is 16.8 Å². The Hall–Kier alpha value is -2.10. The molecule has 3 aromatic heterocycles. The Morgan fingerprint density at radius 3 is 3.07 bits per heavy atom. The SMILES string of the molecule is c1ccn2nc(-c3cn[nH]c3)cc2c1. The van der Waals surface area contributed by atoms with E-state index in [-0.39, 0.29) is 0 Å². The van der Waals surface area contributed by atoms with Crippen molar-refractivity contribution in [2.24, 2.45) is 0 Å². The minimum absolute atomic E-state index is 0.935. The Morgan fingerprint density at radius 2 is 2.29 bits per heavy atom. The summed E-state index contributed by atoms with van der Waals surface area (Å²) >= 11 is 0. The standard InChI is InChI=1S/C10H8N4/c1-2-4-14-9(3-1)5-10(13-14)8-6-11-12-7-8/h1-7H,(H,11,12). The van der Waals surface area contributed by atoms with E-state index < -0.39 is 0 Å². The zero-order valence-corrected chi connectivity index (χ0v) is 7.38. The zero-order valence-electron chi connectivity index (χ0n) is 7.38. The van der Waals surface area contributed by atoms with Crippen LogP contribution < -0.4 is 0 Å². The molecular formula is C10H8N4. The Kier molecular flexibility index (Phi) is 1.41. The number of nitrogens with one attached hydrogen (secondary N) is 1. The smallest absolute Gasteiger partial charge is 0.0965 e. The maximum absolute atomic E-state index is 4.41. The molecular weight excluding hydrogens is 176 g/mol. The first-order chi connectivity index (χ1) is 6.93. The highest BCUT2D eigenvalue weighted by Gasteiger charge is 2.03. The summed E-state index contributed by atoms with van der Waals surface area (Å²) < 4.78 is 1.85. The van der Waals surface area contributed by atoms with E-state index in [0.29, 0.717) is 0 Å². The maximum Gasteiger partial charge on any atom is 0.0965 e. The highest BCUT2D eigenvalue weighted by atomic mass is 15.2. The van der Waals surface area contributed by atoms with E-state index in [9.17, 15) is 0 Å². The average molecular weight is 184 g/mol. The number of pyridine rings is 1. The Balaban J connectivity index is 2.24. The van der Waals surface area contributed by atoms with Gasteiger partial charge in [0.25, 0.3) is 0 Å². The molecule has 0 radical (unpaired) electrons. The van der Waals surface area contributed by atoms with Crippen LogP contribution in [-0.2, 0) is 0 Å². The van der Waals surface area contributed by atoms with E-state index in [1.807, 2.05) is 41.2 Å². The number of hydrogen-bond donors (Lipinski definition) is 1. The lowest BCUT2D eigenvalue weighted by Crippen LogP contribution is -1.83. The molecule has 0 saturated carbocycles. The van der Waals surface area contributed by atoms with Gasteiger partial charge in [0.1, 0.15) is 0 Å². The van der Waals surface area contributed by atoms with Gasteiger partial charge in [0.15, 0.2) is 0 Å². The highest BCUT2D eigenvalue weighted by molar-refractivity contribution is 5.64. The van der Waals surface area contributed by atoms with Crippen LogP contribution >= 0.6 is 0 Å². The Bertz CT molecular complexity index is 517. The molecule has 0 aliphatic rings. The second-order valence-corrected chi connectivity index (χ2v) is 3.09. The van der Waals surface area contributed by atoms with Crippen LogP contribution in [0.3, 0.4) is 0 Å². The van der Waals surface area contributed by atoms with Crippen molar-refractivity contribution in [2.45, 2.75) is 0 Å². The number of aromatic amines is 1. The quantitative estimate of drug-likeness (QED) is 0.626. The van der Waals surface area contributed by atoms with Crippen molar-refractivity contribution in [1.82, 2.24) is 19.8 Å². The van der Waals surface area contributed by atoms with Gasteiger partial charge < -0.3 is 0 Å². The lowest BCUT2D eigenvalue weighted by atomic mass is 10.2. The van der Waals surface area contributed by atoms with Crippen molar-refractivity contribution in [3.8, 4) is 11.3 Å². The summed E-state index contributed by atoms with van der Waals surface area (Å²) in [5.74, 6) is 0. The van der Waals surface area contributed by atoms with E-state index in [1.54, 1.807) is 6.20 Å². The van der Waals surface area contributed by atoms with E-state index >= 15 is 0 Å². The topological polar surface area (TPSA) is 46.0 Å². The number of fused-ring (bicyclic) bond motifs is 1. The molecule has 4 nitrogen and oxygen atoms in total. The first-order valence-corrected chi connectivity index (χ1v) is 4.37. The molecule has 3 aromatic rings. The van der Waals surface area contributed by atoms with Crippen LogP contribution in [0.5, 0.6) is 0 Å². The van der Waals surface area contributed by atoms with Gasteiger partial charge >= 0.3 is 0 Å². The fraction of sp³-hybridized carbons (Fsp3) is 0.